The van der Waals surface area contributed by atoms with Crippen LogP contribution in [0.15, 0.2) is 114 Å². The lowest BCUT2D eigenvalue weighted by molar-refractivity contribution is -0.114. The molecule has 10 heteroatoms. The number of fused-ring (bicyclic) bond motifs is 1. The third-order valence-electron chi connectivity index (χ3n) is 6.14. The third-order valence-corrected chi connectivity index (χ3v) is 7.38. The summed E-state index contributed by atoms with van der Waals surface area (Å²) in [4.78, 5) is 42.5. The number of rotatable bonds is 9. The van der Waals surface area contributed by atoms with Crippen LogP contribution in [-0.2, 0) is 9.59 Å². The van der Waals surface area contributed by atoms with Gasteiger partial charge in [0.2, 0.25) is 5.91 Å². The number of benzene rings is 4. The molecule has 0 aliphatic heterocycles. The Morgan fingerprint density at radius 3 is 2.38 bits per heavy atom. The maximum Gasteiger partial charge on any atom is 0.272 e. The average molecular weight is 599 g/mol. The number of hydrogen-bond acceptors (Lipinski definition) is 4. The van der Waals surface area contributed by atoms with E-state index in [0.717, 1.165) is 27.4 Å². The van der Waals surface area contributed by atoms with E-state index in [9.17, 15) is 18.8 Å². The summed E-state index contributed by atoms with van der Waals surface area (Å²) in [7, 11) is 0. The van der Waals surface area contributed by atoms with Crippen molar-refractivity contribution in [2.75, 3.05) is 16.4 Å². The number of amides is 3. The minimum absolute atomic E-state index is 0.0524. The van der Waals surface area contributed by atoms with E-state index in [0.29, 0.717) is 11.3 Å². The van der Waals surface area contributed by atoms with Gasteiger partial charge < -0.3 is 20.9 Å². The molecule has 0 fully saturated rings. The number of carbonyl (C=O) groups is 3. The van der Waals surface area contributed by atoms with Crippen molar-refractivity contribution in [1.82, 2.24) is 10.3 Å². The number of hydrogen-bond donors (Lipinski definition) is 4. The predicted molar refractivity (Wildman–Crippen MR) is 166 cm³/mol. The number of anilines is 2. The van der Waals surface area contributed by atoms with Crippen LogP contribution in [0.25, 0.3) is 17.0 Å². The Hall–Kier alpha value is -4.86. The minimum atomic E-state index is -0.612. The van der Waals surface area contributed by atoms with Crippen molar-refractivity contribution >= 4 is 69.4 Å². The van der Waals surface area contributed by atoms with Gasteiger partial charge in [-0.05, 0) is 66.7 Å². The van der Waals surface area contributed by atoms with E-state index in [2.05, 4.69) is 20.9 Å². The number of aromatic nitrogens is 1. The highest BCUT2D eigenvalue weighted by Crippen LogP contribution is 2.24. The van der Waals surface area contributed by atoms with Crippen LogP contribution in [0, 0.1) is 5.82 Å². The second kappa shape index (κ2) is 13.2. The Morgan fingerprint density at radius 1 is 0.881 bits per heavy atom. The quantitative estimate of drug-likeness (QED) is 0.107. The molecule has 0 radical (unpaired) electrons. The lowest BCUT2D eigenvalue weighted by atomic mass is 10.1. The monoisotopic (exact) mass is 598 g/mol. The lowest BCUT2D eigenvalue weighted by Crippen LogP contribution is -2.30. The number of carbonyl (C=O) groups excluding carboxylic acids is 3. The SMILES string of the molecule is O=C(CSc1ccc(NC(=O)/C(=C/c2c[nH]c3ccccc23)NC(=O)c2ccccc2)cc1)Nc1ccc(Cl)cc1F. The fraction of sp³-hybridized carbons (Fsp3) is 0.0312. The first-order chi connectivity index (χ1) is 20.4. The Bertz CT molecular complexity index is 1790. The second-order valence-corrected chi connectivity index (χ2v) is 10.6. The predicted octanol–water partition coefficient (Wildman–Crippen LogP) is 7.10. The van der Waals surface area contributed by atoms with Gasteiger partial charge in [-0.1, -0.05) is 48.0 Å². The van der Waals surface area contributed by atoms with Gasteiger partial charge in [-0.25, -0.2) is 4.39 Å². The molecule has 0 aliphatic rings. The van der Waals surface area contributed by atoms with E-state index in [1.165, 1.54) is 23.9 Å². The van der Waals surface area contributed by atoms with Gasteiger partial charge >= 0.3 is 0 Å². The van der Waals surface area contributed by atoms with E-state index in [1.54, 1.807) is 66.9 Å². The maximum atomic E-state index is 13.9. The molecule has 42 heavy (non-hydrogen) atoms. The van der Waals surface area contributed by atoms with Crippen LogP contribution in [0.1, 0.15) is 15.9 Å². The zero-order valence-electron chi connectivity index (χ0n) is 22.0. The number of para-hydroxylation sites is 1. The van der Waals surface area contributed by atoms with Crippen LogP contribution in [0.4, 0.5) is 15.8 Å². The molecule has 1 aromatic heterocycles. The fourth-order valence-electron chi connectivity index (χ4n) is 4.07. The zero-order valence-corrected chi connectivity index (χ0v) is 23.6. The molecule has 0 bridgehead atoms. The molecule has 5 aromatic rings. The third kappa shape index (κ3) is 7.25. The van der Waals surface area contributed by atoms with Crippen molar-refractivity contribution < 1.29 is 18.8 Å². The first-order valence-electron chi connectivity index (χ1n) is 12.8. The van der Waals surface area contributed by atoms with Crippen molar-refractivity contribution in [1.29, 1.82) is 0 Å². The molecule has 4 N–H and O–H groups in total. The van der Waals surface area contributed by atoms with Crippen LogP contribution >= 0.6 is 23.4 Å². The summed E-state index contributed by atoms with van der Waals surface area (Å²) >= 11 is 7.01. The van der Waals surface area contributed by atoms with Gasteiger partial charge in [-0.15, -0.1) is 11.8 Å². The Labute approximate surface area is 250 Å². The van der Waals surface area contributed by atoms with Crippen molar-refractivity contribution in [2.45, 2.75) is 4.90 Å². The molecule has 210 valence electrons. The molecule has 0 saturated heterocycles. The van der Waals surface area contributed by atoms with Gasteiger partial charge in [-0.2, -0.15) is 0 Å². The first-order valence-corrected chi connectivity index (χ1v) is 14.2. The highest BCUT2D eigenvalue weighted by Gasteiger charge is 2.16. The van der Waals surface area contributed by atoms with Crippen LogP contribution < -0.4 is 16.0 Å². The molecular formula is C32H24ClFN4O3S. The number of halogens is 2. The number of aromatic amines is 1. The molecule has 3 amide bonds. The summed E-state index contributed by atoms with van der Waals surface area (Å²) < 4.78 is 13.9. The van der Waals surface area contributed by atoms with E-state index in [-0.39, 0.29) is 28.1 Å². The summed E-state index contributed by atoms with van der Waals surface area (Å²) in [6, 6.07) is 27.2. The van der Waals surface area contributed by atoms with Gasteiger partial charge in [0.05, 0.1) is 11.4 Å². The number of thioether (sulfide) groups is 1. The number of nitrogens with one attached hydrogen (secondary N) is 4. The van der Waals surface area contributed by atoms with Gasteiger partial charge in [0.15, 0.2) is 0 Å². The smallest absolute Gasteiger partial charge is 0.272 e. The lowest BCUT2D eigenvalue weighted by Gasteiger charge is -2.12. The summed E-state index contributed by atoms with van der Waals surface area (Å²) in [6.07, 6.45) is 3.40. The summed E-state index contributed by atoms with van der Waals surface area (Å²) in [5.41, 5.74) is 2.68. The van der Waals surface area contributed by atoms with E-state index in [1.807, 2.05) is 24.3 Å². The molecule has 1 heterocycles. The van der Waals surface area contributed by atoms with Crippen LogP contribution in [0.2, 0.25) is 5.02 Å². The summed E-state index contributed by atoms with van der Waals surface area (Å²) in [5.74, 6) is -1.86. The molecule has 0 unspecified atom stereocenters. The number of H-pyrrole nitrogens is 1. The van der Waals surface area contributed by atoms with E-state index in [4.69, 9.17) is 11.6 Å². The largest absolute Gasteiger partial charge is 0.361 e. The van der Waals surface area contributed by atoms with E-state index < -0.39 is 17.6 Å². The van der Waals surface area contributed by atoms with Gasteiger partial charge in [-0.3, -0.25) is 14.4 Å². The normalized spacial score (nSPS) is 11.2. The summed E-state index contributed by atoms with van der Waals surface area (Å²) in [6.45, 7) is 0. The Balaban J connectivity index is 1.26. The molecule has 0 saturated carbocycles. The second-order valence-electron chi connectivity index (χ2n) is 9.11. The zero-order chi connectivity index (χ0) is 29.5. The minimum Gasteiger partial charge on any atom is -0.361 e. The van der Waals surface area contributed by atoms with Crippen LogP contribution in [0.5, 0.6) is 0 Å². The van der Waals surface area contributed by atoms with Gasteiger partial charge in [0, 0.05) is 43.8 Å². The van der Waals surface area contributed by atoms with Crippen molar-refractivity contribution in [3.8, 4) is 0 Å². The Morgan fingerprint density at radius 2 is 1.62 bits per heavy atom. The van der Waals surface area contributed by atoms with Gasteiger partial charge in [0.25, 0.3) is 11.8 Å². The molecule has 4 aromatic carbocycles. The van der Waals surface area contributed by atoms with Crippen molar-refractivity contribution in [3.05, 3.63) is 131 Å². The fourth-order valence-corrected chi connectivity index (χ4v) is 4.93. The highest BCUT2D eigenvalue weighted by molar-refractivity contribution is 8.00. The molecule has 0 aliphatic carbocycles. The Kier molecular flexibility index (Phi) is 9.01. The van der Waals surface area contributed by atoms with Crippen LogP contribution in [0.3, 0.4) is 0 Å². The molecular weight excluding hydrogens is 575 g/mol. The van der Waals surface area contributed by atoms with Crippen molar-refractivity contribution in [2.24, 2.45) is 0 Å². The van der Waals surface area contributed by atoms with Crippen LogP contribution in [-0.4, -0.2) is 28.5 Å². The standard InChI is InChI=1S/C32H24ClFN4O3S/c33-22-10-15-28(26(34)17-22)37-30(39)19-42-24-13-11-23(12-14-24)36-32(41)29(38-31(40)20-6-2-1-3-7-20)16-21-18-35-27-9-5-4-8-25(21)27/h1-18,35H,19H2,(H,36,41)(H,37,39)(H,38,40)/b29-16-. The van der Waals surface area contributed by atoms with Gasteiger partial charge in [0.1, 0.15) is 11.5 Å². The summed E-state index contributed by atoms with van der Waals surface area (Å²) in [5, 5.41) is 9.23. The average Bonchev–Trinajstić information content (AvgIpc) is 3.41. The molecule has 0 spiro atoms. The highest BCUT2D eigenvalue weighted by atomic mass is 35.5. The molecule has 5 rings (SSSR count). The topological polar surface area (TPSA) is 103 Å². The first kappa shape index (κ1) is 28.7. The van der Waals surface area contributed by atoms with Crippen molar-refractivity contribution in [3.63, 3.8) is 0 Å². The maximum absolute atomic E-state index is 13.9. The van der Waals surface area contributed by atoms with E-state index >= 15 is 0 Å². The molecule has 7 nitrogen and oxygen atoms in total. The molecule has 0 atom stereocenters.